The predicted octanol–water partition coefficient (Wildman–Crippen LogP) is 2.53. The second-order valence-corrected chi connectivity index (χ2v) is 8.79. The summed E-state index contributed by atoms with van der Waals surface area (Å²) in [5.41, 5.74) is 0.570. The van der Waals surface area contributed by atoms with Crippen molar-refractivity contribution in [3.05, 3.63) is 16.6 Å². The van der Waals surface area contributed by atoms with Gasteiger partial charge < -0.3 is 9.80 Å². The second kappa shape index (κ2) is 7.18. The molecule has 1 spiro atoms. The fraction of sp³-hybridized carbons (Fsp3) is 0.833. The van der Waals surface area contributed by atoms with Gasteiger partial charge >= 0.3 is 0 Å². The van der Waals surface area contributed by atoms with E-state index >= 15 is 0 Å². The molecule has 0 radical (unpaired) electrons. The third-order valence-electron chi connectivity index (χ3n) is 6.03. The summed E-state index contributed by atoms with van der Waals surface area (Å²) in [5, 5.41) is 3.39. The average molecular weight is 335 g/mol. The molecule has 0 aromatic carbocycles. The molecule has 4 heterocycles. The Morgan fingerprint density at radius 3 is 2.52 bits per heavy atom. The Kier molecular flexibility index (Phi) is 4.99. The first kappa shape index (κ1) is 16.0. The van der Waals surface area contributed by atoms with E-state index < -0.39 is 0 Å². The number of piperidine rings is 1. The van der Waals surface area contributed by atoms with Crippen LogP contribution in [0.4, 0.5) is 0 Å². The zero-order valence-electron chi connectivity index (χ0n) is 14.3. The lowest BCUT2D eigenvalue weighted by molar-refractivity contribution is 0.0862. The lowest BCUT2D eigenvalue weighted by Gasteiger charge is -2.40. The largest absolute Gasteiger partial charge is 0.302 e. The molecular formula is C18H30N4S. The van der Waals surface area contributed by atoms with Crippen molar-refractivity contribution >= 4 is 11.3 Å². The van der Waals surface area contributed by atoms with Crippen LogP contribution in [0.15, 0.2) is 11.6 Å². The van der Waals surface area contributed by atoms with Gasteiger partial charge in [0.1, 0.15) is 5.01 Å². The highest BCUT2D eigenvalue weighted by molar-refractivity contribution is 7.09. The Labute approximate surface area is 144 Å². The van der Waals surface area contributed by atoms with Crippen molar-refractivity contribution in [2.24, 2.45) is 5.41 Å². The second-order valence-electron chi connectivity index (χ2n) is 7.81. The van der Waals surface area contributed by atoms with Gasteiger partial charge in [-0.15, -0.1) is 11.3 Å². The van der Waals surface area contributed by atoms with E-state index in [0.29, 0.717) is 5.41 Å². The maximum Gasteiger partial charge on any atom is 0.107 e. The molecule has 5 heteroatoms. The number of hydrogen-bond donors (Lipinski definition) is 0. The Morgan fingerprint density at radius 1 is 0.913 bits per heavy atom. The minimum atomic E-state index is 0.570. The van der Waals surface area contributed by atoms with Gasteiger partial charge in [0, 0.05) is 37.8 Å². The van der Waals surface area contributed by atoms with Crippen LogP contribution >= 0.6 is 11.3 Å². The van der Waals surface area contributed by atoms with Gasteiger partial charge in [0.15, 0.2) is 0 Å². The topological polar surface area (TPSA) is 22.6 Å². The molecule has 3 aliphatic heterocycles. The van der Waals surface area contributed by atoms with Gasteiger partial charge in [-0.2, -0.15) is 0 Å². The van der Waals surface area contributed by atoms with E-state index in [1.165, 1.54) is 89.5 Å². The number of hydrogen-bond acceptors (Lipinski definition) is 5. The van der Waals surface area contributed by atoms with Crippen molar-refractivity contribution < 1.29 is 0 Å². The normalized spacial score (nSPS) is 30.6. The summed E-state index contributed by atoms with van der Waals surface area (Å²) in [5.74, 6) is 0. The smallest absolute Gasteiger partial charge is 0.107 e. The molecule has 0 saturated carbocycles. The van der Waals surface area contributed by atoms with Crippen LogP contribution in [0.3, 0.4) is 0 Å². The van der Waals surface area contributed by atoms with Gasteiger partial charge in [-0.1, -0.05) is 0 Å². The first-order chi connectivity index (χ1) is 11.3. The molecule has 0 amide bonds. The van der Waals surface area contributed by atoms with E-state index in [9.17, 15) is 0 Å². The number of rotatable bonds is 5. The fourth-order valence-corrected chi connectivity index (χ4v) is 5.47. The quantitative estimate of drug-likeness (QED) is 0.825. The van der Waals surface area contributed by atoms with Crippen molar-refractivity contribution in [3.8, 4) is 0 Å². The Balaban J connectivity index is 1.28. The van der Waals surface area contributed by atoms with E-state index in [2.05, 4.69) is 25.1 Å². The number of aromatic nitrogens is 1. The molecule has 0 bridgehead atoms. The summed E-state index contributed by atoms with van der Waals surface area (Å²) in [6.07, 6.45) is 8.97. The molecule has 23 heavy (non-hydrogen) atoms. The van der Waals surface area contributed by atoms with E-state index in [4.69, 9.17) is 0 Å². The first-order valence-corrected chi connectivity index (χ1v) is 10.2. The highest BCUT2D eigenvalue weighted by Crippen LogP contribution is 2.39. The fourth-order valence-electron chi connectivity index (χ4n) is 4.81. The molecule has 3 fully saturated rings. The van der Waals surface area contributed by atoms with Crippen LogP contribution in [0.5, 0.6) is 0 Å². The molecule has 4 rings (SSSR count). The van der Waals surface area contributed by atoms with Crippen LogP contribution in [-0.2, 0) is 6.54 Å². The third kappa shape index (κ3) is 3.95. The summed E-state index contributed by atoms with van der Waals surface area (Å²) >= 11 is 1.80. The lowest BCUT2D eigenvalue weighted by atomic mass is 9.79. The highest BCUT2D eigenvalue weighted by atomic mass is 32.1. The monoisotopic (exact) mass is 334 g/mol. The van der Waals surface area contributed by atoms with Gasteiger partial charge in [0.25, 0.3) is 0 Å². The first-order valence-electron chi connectivity index (χ1n) is 9.37. The Morgan fingerprint density at radius 2 is 1.70 bits per heavy atom. The standard InChI is InChI=1S/C18H30N4S/c1-2-8-20(7-1)11-12-21-10-5-18(15-21)4-3-9-22(16-18)14-17-19-6-13-23-17/h6,13H,1-5,7-12,14-16H2. The van der Waals surface area contributed by atoms with Gasteiger partial charge in [0.05, 0.1) is 6.54 Å². The maximum atomic E-state index is 4.47. The van der Waals surface area contributed by atoms with E-state index in [1.54, 1.807) is 11.3 Å². The summed E-state index contributed by atoms with van der Waals surface area (Å²) in [4.78, 5) is 12.5. The lowest BCUT2D eigenvalue weighted by Crippen LogP contribution is -2.44. The molecule has 1 aromatic rings. The molecule has 128 valence electrons. The predicted molar refractivity (Wildman–Crippen MR) is 95.8 cm³/mol. The van der Waals surface area contributed by atoms with E-state index in [1.807, 2.05) is 6.20 Å². The molecule has 3 aliphatic rings. The van der Waals surface area contributed by atoms with Crippen molar-refractivity contribution in [2.75, 3.05) is 52.4 Å². The maximum absolute atomic E-state index is 4.47. The molecular weight excluding hydrogens is 304 g/mol. The van der Waals surface area contributed by atoms with Crippen molar-refractivity contribution in [3.63, 3.8) is 0 Å². The number of nitrogens with zero attached hydrogens (tertiary/aromatic N) is 4. The van der Waals surface area contributed by atoms with E-state index in [0.717, 1.165) is 6.54 Å². The SMILES string of the molecule is c1csc(CN2CCCC3(CCN(CCN4CCCC4)C3)C2)n1. The molecule has 4 nitrogen and oxygen atoms in total. The molecule has 1 unspecified atom stereocenters. The summed E-state index contributed by atoms with van der Waals surface area (Å²) in [7, 11) is 0. The Hall–Kier alpha value is -0.490. The van der Waals surface area contributed by atoms with Crippen molar-refractivity contribution in [1.82, 2.24) is 19.7 Å². The summed E-state index contributed by atoms with van der Waals surface area (Å²) in [6.45, 7) is 11.5. The van der Waals surface area contributed by atoms with Crippen molar-refractivity contribution in [1.29, 1.82) is 0 Å². The molecule has 1 atom stereocenters. The van der Waals surface area contributed by atoms with Crippen LogP contribution in [0.25, 0.3) is 0 Å². The van der Waals surface area contributed by atoms with Gasteiger partial charge in [-0.05, 0) is 63.7 Å². The van der Waals surface area contributed by atoms with Gasteiger partial charge in [-0.25, -0.2) is 4.98 Å². The third-order valence-corrected chi connectivity index (χ3v) is 6.80. The van der Waals surface area contributed by atoms with Crippen LogP contribution < -0.4 is 0 Å². The summed E-state index contributed by atoms with van der Waals surface area (Å²) in [6, 6.07) is 0. The molecule has 0 N–H and O–H groups in total. The minimum Gasteiger partial charge on any atom is -0.302 e. The number of likely N-dealkylation sites (tertiary alicyclic amines) is 3. The zero-order chi connectivity index (χ0) is 15.5. The average Bonchev–Trinajstić information content (AvgIpc) is 3.28. The highest BCUT2D eigenvalue weighted by Gasteiger charge is 2.41. The Bertz CT molecular complexity index is 485. The van der Waals surface area contributed by atoms with Crippen LogP contribution in [0.1, 0.15) is 37.1 Å². The van der Waals surface area contributed by atoms with E-state index in [-0.39, 0.29) is 0 Å². The van der Waals surface area contributed by atoms with Gasteiger partial charge in [-0.3, -0.25) is 4.90 Å². The van der Waals surface area contributed by atoms with Crippen molar-refractivity contribution in [2.45, 2.75) is 38.6 Å². The van der Waals surface area contributed by atoms with Crippen LogP contribution in [0.2, 0.25) is 0 Å². The van der Waals surface area contributed by atoms with Crippen LogP contribution in [0, 0.1) is 5.41 Å². The summed E-state index contributed by atoms with van der Waals surface area (Å²) < 4.78 is 0. The molecule has 3 saturated heterocycles. The number of thiazole rings is 1. The zero-order valence-corrected chi connectivity index (χ0v) is 15.1. The minimum absolute atomic E-state index is 0.570. The molecule has 0 aliphatic carbocycles. The van der Waals surface area contributed by atoms with Gasteiger partial charge in [0.2, 0.25) is 0 Å². The molecule has 1 aromatic heterocycles. The van der Waals surface area contributed by atoms with Crippen LogP contribution in [-0.4, -0.2) is 72.0 Å².